The van der Waals surface area contributed by atoms with Crippen molar-refractivity contribution < 1.29 is 8.42 Å². The Bertz CT molecular complexity index is 804. The lowest BCUT2D eigenvalue weighted by Crippen LogP contribution is -2.27. The number of nitrogens with one attached hydrogen (secondary N) is 1. The summed E-state index contributed by atoms with van der Waals surface area (Å²) in [6.07, 6.45) is 0. The normalized spacial score (nSPS) is 13.1. The molecular formula is C16H17Cl2NO2S. The summed E-state index contributed by atoms with van der Waals surface area (Å²) in [7, 11) is -3.75. The molecule has 0 radical (unpaired) electrons. The van der Waals surface area contributed by atoms with Crippen LogP contribution in [0.3, 0.4) is 0 Å². The Kier molecular flexibility index (Phi) is 5.17. The van der Waals surface area contributed by atoms with Crippen molar-refractivity contribution in [2.75, 3.05) is 0 Å². The van der Waals surface area contributed by atoms with Crippen molar-refractivity contribution in [3.05, 3.63) is 63.1 Å². The Morgan fingerprint density at radius 3 is 2.36 bits per heavy atom. The zero-order valence-corrected chi connectivity index (χ0v) is 14.9. The van der Waals surface area contributed by atoms with Crippen molar-refractivity contribution in [3.63, 3.8) is 0 Å². The van der Waals surface area contributed by atoms with Crippen LogP contribution in [0.15, 0.2) is 41.3 Å². The predicted octanol–water partition coefficient (Wildman–Crippen LogP) is 4.65. The molecule has 3 nitrogen and oxygen atoms in total. The number of benzene rings is 2. The number of rotatable bonds is 4. The van der Waals surface area contributed by atoms with Crippen LogP contribution in [0.4, 0.5) is 0 Å². The van der Waals surface area contributed by atoms with E-state index < -0.39 is 10.0 Å². The molecule has 2 aromatic carbocycles. The van der Waals surface area contributed by atoms with E-state index in [4.69, 9.17) is 23.2 Å². The van der Waals surface area contributed by atoms with Gasteiger partial charge in [-0.3, -0.25) is 0 Å². The van der Waals surface area contributed by atoms with Crippen LogP contribution in [-0.2, 0) is 10.0 Å². The summed E-state index contributed by atoms with van der Waals surface area (Å²) in [4.78, 5) is -0.0155. The summed E-state index contributed by atoms with van der Waals surface area (Å²) in [5.41, 5.74) is 3.09. The lowest BCUT2D eigenvalue weighted by atomic mass is 10.0. The van der Waals surface area contributed by atoms with Crippen LogP contribution in [0.2, 0.25) is 10.0 Å². The van der Waals surface area contributed by atoms with Gasteiger partial charge in [-0.2, -0.15) is 0 Å². The summed E-state index contributed by atoms with van der Waals surface area (Å²) in [5.74, 6) is 0. The van der Waals surface area contributed by atoms with Crippen LogP contribution < -0.4 is 4.72 Å². The SMILES string of the molecule is Cc1ccc([C@H](C)NS(=O)(=O)c2cc(Cl)ccc2Cl)c(C)c1. The zero-order chi connectivity index (χ0) is 16.5. The Morgan fingerprint density at radius 2 is 1.73 bits per heavy atom. The summed E-state index contributed by atoms with van der Waals surface area (Å²) in [6.45, 7) is 5.75. The molecule has 0 unspecified atom stereocenters. The molecule has 6 heteroatoms. The average molecular weight is 358 g/mol. The van der Waals surface area contributed by atoms with Crippen LogP contribution in [0, 0.1) is 13.8 Å². The summed E-state index contributed by atoms with van der Waals surface area (Å²) < 4.78 is 27.7. The van der Waals surface area contributed by atoms with E-state index in [0.29, 0.717) is 5.02 Å². The molecular weight excluding hydrogens is 341 g/mol. The van der Waals surface area contributed by atoms with Gasteiger partial charge in [-0.25, -0.2) is 13.1 Å². The largest absolute Gasteiger partial charge is 0.242 e. The standard InChI is InChI=1S/C16H17Cl2NO2S/c1-10-4-6-14(11(2)8-10)12(3)19-22(20,21)16-9-13(17)5-7-15(16)18/h4-9,12,19H,1-3H3/t12-/m0/s1. The van der Waals surface area contributed by atoms with Crippen LogP contribution in [0.1, 0.15) is 29.7 Å². The topological polar surface area (TPSA) is 46.2 Å². The van der Waals surface area contributed by atoms with Crippen molar-refractivity contribution >= 4 is 33.2 Å². The van der Waals surface area contributed by atoms with Crippen molar-refractivity contribution in [3.8, 4) is 0 Å². The van der Waals surface area contributed by atoms with Gasteiger partial charge in [0.25, 0.3) is 0 Å². The molecule has 118 valence electrons. The maximum Gasteiger partial charge on any atom is 0.242 e. The highest BCUT2D eigenvalue weighted by atomic mass is 35.5. The van der Waals surface area contributed by atoms with Gasteiger partial charge in [-0.15, -0.1) is 0 Å². The summed E-state index contributed by atoms with van der Waals surface area (Å²) in [5, 5.41) is 0.466. The Balaban J connectivity index is 2.34. The van der Waals surface area contributed by atoms with E-state index in [1.54, 1.807) is 13.0 Å². The van der Waals surface area contributed by atoms with Crippen LogP contribution in [-0.4, -0.2) is 8.42 Å². The second-order valence-electron chi connectivity index (χ2n) is 5.28. The molecule has 22 heavy (non-hydrogen) atoms. The predicted molar refractivity (Wildman–Crippen MR) is 91.1 cm³/mol. The van der Waals surface area contributed by atoms with E-state index in [9.17, 15) is 8.42 Å². The van der Waals surface area contributed by atoms with Crippen molar-refractivity contribution in [2.24, 2.45) is 0 Å². The Morgan fingerprint density at radius 1 is 1.05 bits per heavy atom. The van der Waals surface area contributed by atoms with E-state index in [0.717, 1.165) is 16.7 Å². The minimum atomic E-state index is -3.75. The second kappa shape index (κ2) is 6.59. The van der Waals surface area contributed by atoms with Crippen molar-refractivity contribution in [1.29, 1.82) is 0 Å². The van der Waals surface area contributed by atoms with Gasteiger partial charge in [0.15, 0.2) is 0 Å². The number of hydrogen-bond acceptors (Lipinski definition) is 2. The smallest absolute Gasteiger partial charge is 0.207 e. The molecule has 0 aliphatic rings. The third-order valence-electron chi connectivity index (χ3n) is 3.41. The van der Waals surface area contributed by atoms with Crippen LogP contribution in [0.25, 0.3) is 0 Å². The molecule has 0 spiro atoms. The van der Waals surface area contributed by atoms with E-state index in [-0.39, 0.29) is 16.0 Å². The maximum absolute atomic E-state index is 12.5. The number of halogens is 2. The van der Waals surface area contributed by atoms with E-state index >= 15 is 0 Å². The number of aryl methyl sites for hydroxylation is 2. The molecule has 0 saturated heterocycles. The van der Waals surface area contributed by atoms with Crippen molar-refractivity contribution in [2.45, 2.75) is 31.7 Å². The molecule has 0 aliphatic heterocycles. The van der Waals surface area contributed by atoms with Gasteiger partial charge in [-0.1, -0.05) is 47.0 Å². The molecule has 1 N–H and O–H groups in total. The molecule has 0 saturated carbocycles. The maximum atomic E-state index is 12.5. The quantitative estimate of drug-likeness (QED) is 0.865. The fraction of sp³-hybridized carbons (Fsp3) is 0.250. The highest BCUT2D eigenvalue weighted by Crippen LogP contribution is 2.27. The molecule has 0 bridgehead atoms. The monoisotopic (exact) mass is 357 g/mol. The van der Waals surface area contributed by atoms with Gasteiger partial charge in [0.05, 0.1) is 5.02 Å². The van der Waals surface area contributed by atoms with E-state index in [1.807, 2.05) is 32.0 Å². The Labute approximate surface area is 141 Å². The third kappa shape index (κ3) is 3.82. The first kappa shape index (κ1) is 17.3. The fourth-order valence-electron chi connectivity index (χ4n) is 2.35. The van der Waals surface area contributed by atoms with Gasteiger partial charge in [0.2, 0.25) is 10.0 Å². The van der Waals surface area contributed by atoms with Gasteiger partial charge in [0.1, 0.15) is 4.90 Å². The van der Waals surface area contributed by atoms with E-state index in [1.165, 1.54) is 12.1 Å². The zero-order valence-electron chi connectivity index (χ0n) is 12.5. The number of sulfonamides is 1. The summed E-state index contributed by atoms with van der Waals surface area (Å²) >= 11 is 11.9. The van der Waals surface area contributed by atoms with Gasteiger partial charge < -0.3 is 0 Å². The minimum Gasteiger partial charge on any atom is -0.207 e. The second-order valence-corrected chi connectivity index (χ2v) is 7.80. The molecule has 0 aliphatic carbocycles. The Hall–Kier alpha value is -1.07. The van der Waals surface area contributed by atoms with Crippen LogP contribution in [0.5, 0.6) is 0 Å². The van der Waals surface area contributed by atoms with E-state index in [2.05, 4.69) is 4.72 Å². The van der Waals surface area contributed by atoms with Crippen LogP contribution >= 0.6 is 23.2 Å². The molecule has 0 aromatic heterocycles. The van der Waals surface area contributed by atoms with Gasteiger partial charge in [0, 0.05) is 11.1 Å². The lowest BCUT2D eigenvalue weighted by Gasteiger charge is -2.18. The first-order valence-electron chi connectivity index (χ1n) is 6.75. The highest BCUT2D eigenvalue weighted by Gasteiger charge is 2.22. The lowest BCUT2D eigenvalue weighted by molar-refractivity contribution is 0.566. The number of hydrogen-bond donors (Lipinski definition) is 1. The highest BCUT2D eigenvalue weighted by molar-refractivity contribution is 7.89. The summed E-state index contributed by atoms with van der Waals surface area (Å²) in [6, 6.07) is 9.90. The average Bonchev–Trinajstić information content (AvgIpc) is 2.40. The molecule has 0 heterocycles. The van der Waals surface area contributed by atoms with Crippen molar-refractivity contribution in [1.82, 2.24) is 4.72 Å². The first-order chi connectivity index (χ1) is 10.2. The first-order valence-corrected chi connectivity index (χ1v) is 8.99. The molecule has 2 aromatic rings. The third-order valence-corrected chi connectivity index (χ3v) is 5.66. The molecule has 0 fully saturated rings. The van der Waals surface area contributed by atoms with Gasteiger partial charge in [-0.05, 0) is 50.1 Å². The fourth-order valence-corrected chi connectivity index (χ4v) is 4.34. The minimum absolute atomic E-state index is 0.0155. The van der Waals surface area contributed by atoms with Gasteiger partial charge >= 0.3 is 0 Å². The molecule has 0 amide bonds. The molecule has 2 rings (SSSR count). The molecule has 1 atom stereocenters.